The third kappa shape index (κ3) is 14.6. The molecule has 0 radical (unpaired) electrons. The van der Waals surface area contributed by atoms with Gasteiger partial charge >= 0.3 is 12.2 Å². The number of hydrogen-bond donors (Lipinski definition) is 2. The minimum absolute atomic E-state index is 0.0103. The second-order valence-corrected chi connectivity index (χ2v) is 26.6. The van der Waals surface area contributed by atoms with Gasteiger partial charge in [-0.05, 0) is 174 Å². The van der Waals surface area contributed by atoms with E-state index < -0.39 is 96.1 Å². The van der Waals surface area contributed by atoms with Crippen molar-refractivity contribution >= 4 is 124 Å². The van der Waals surface area contributed by atoms with Crippen molar-refractivity contribution in [3.05, 3.63) is 164 Å². The molecule has 7 aromatic rings. The molecular weight excluding hydrogens is 1330 g/mol. The Morgan fingerprint density at radius 1 is 0.543 bits per heavy atom. The van der Waals surface area contributed by atoms with E-state index in [1.165, 1.54) is 110 Å². The first-order valence-electron chi connectivity index (χ1n) is 29.9. The van der Waals surface area contributed by atoms with E-state index in [4.69, 9.17) is 18.9 Å². The van der Waals surface area contributed by atoms with Crippen LogP contribution in [-0.4, -0.2) is 134 Å². The summed E-state index contributed by atoms with van der Waals surface area (Å²) in [7, 11) is 5.76. The average Bonchev–Trinajstić information content (AvgIpc) is 1.51. The number of nitrogens with one attached hydrogen (secondary N) is 2. The fraction of sp³-hybridized carbons (Fsp3) is 0.314. The fourth-order valence-corrected chi connectivity index (χ4v) is 11.8. The zero-order valence-corrected chi connectivity index (χ0v) is 57.1. The Kier molecular flexibility index (Phi) is 20.1. The van der Waals surface area contributed by atoms with Crippen molar-refractivity contribution in [1.29, 1.82) is 10.5 Å². The summed E-state index contributed by atoms with van der Waals surface area (Å²) >= 11 is 7.10. The van der Waals surface area contributed by atoms with Crippen molar-refractivity contribution < 1.29 is 57.3 Å². The Balaban J connectivity index is 1.12. The fourth-order valence-electron chi connectivity index (χ4n) is 11.0. The first-order chi connectivity index (χ1) is 44.4. The smallest absolute Gasteiger partial charge is 0.410 e. The van der Waals surface area contributed by atoms with Crippen LogP contribution >= 0.6 is 31.9 Å². The van der Waals surface area contributed by atoms with Gasteiger partial charge in [0.15, 0.2) is 0 Å². The summed E-state index contributed by atoms with van der Waals surface area (Å²) in [6.07, 6.45) is -1.60. The number of anilines is 4. The molecule has 22 nitrogen and oxygen atoms in total. The average molecular weight is 1400 g/mol. The number of ether oxygens (including phenoxy) is 4. The van der Waals surface area contributed by atoms with Crippen LogP contribution in [0.1, 0.15) is 98.4 Å². The zero-order valence-electron chi connectivity index (χ0n) is 53.9. The molecule has 24 heteroatoms. The van der Waals surface area contributed by atoms with E-state index in [1.54, 1.807) is 65.8 Å². The number of amides is 8. The Bertz CT molecular complexity index is 4030. The molecule has 8 amide bonds. The van der Waals surface area contributed by atoms with Crippen molar-refractivity contribution in [3.8, 4) is 23.6 Å². The normalized spacial score (nSPS) is 15.4. The largest absolute Gasteiger partial charge is 0.496 e. The Morgan fingerprint density at radius 2 is 0.904 bits per heavy atom. The molecule has 0 aliphatic carbocycles. The lowest BCUT2D eigenvalue weighted by Crippen LogP contribution is -2.57. The van der Waals surface area contributed by atoms with E-state index in [1.807, 2.05) is 48.5 Å². The van der Waals surface area contributed by atoms with Gasteiger partial charge in [-0.2, -0.15) is 10.5 Å². The number of nitriles is 2. The number of carbonyl (C=O) groups excluding carboxylic acids is 8. The molecular formula is C70H70Br2N10O12. The van der Waals surface area contributed by atoms with E-state index in [-0.39, 0.29) is 58.1 Å². The third-order valence-corrected chi connectivity index (χ3v) is 17.2. The maximum Gasteiger partial charge on any atom is 0.410 e. The summed E-state index contributed by atoms with van der Waals surface area (Å²) in [4.78, 5) is 125. The molecule has 2 heterocycles. The Hall–Kier alpha value is -10.0. The SMILES string of the molecule is COc1ccc2cc(Br)ccc2c1CN1C(=O)[C@@H](NC(=O)[C@H](C)N(C)C(=O)OC(C)(C)C)CN(C(=O)c2ccc(C(=O)N3C[C@H](NC(=O)[C@H](C)N(C)C(=O)OC(C)(C)C)C(=O)N(Cc4c(OC)ccc5cc(Br)ccc45)c4ccc(C#N)cc43)cc2)c2cc(C#N)ccc21. The quantitative estimate of drug-likeness (QED) is 0.103. The van der Waals surface area contributed by atoms with E-state index in [0.717, 1.165) is 40.3 Å². The van der Waals surface area contributed by atoms with Gasteiger partial charge in [-0.1, -0.05) is 56.1 Å². The van der Waals surface area contributed by atoms with Crippen LogP contribution in [-0.2, 0) is 41.7 Å². The van der Waals surface area contributed by atoms with E-state index in [9.17, 15) is 29.7 Å². The number of likely N-dealkylation sites (N-methyl/N-ethyl adjacent to an activating group) is 2. The van der Waals surface area contributed by atoms with Crippen molar-refractivity contribution in [2.75, 3.05) is 61.0 Å². The molecule has 7 aromatic carbocycles. The van der Waals surface area contributed by atoms with Crippen LogP contribution in [0, 0.1) is 22.7 Å². The molecule has 9 rings (SSSR count). The van der Waals surface area contributed by atoms with Gasteiger partial charge in [0.25, 0.3) is 23.6 Å². The molecule has 2 aliphatic rings. The first-order valence-corrected chi connectivity index (χ1v) is 31.5. The van der Waals surface area contributed by atoms with E-state index >= 15 is 19.2 Å². The molecule has 0 spiro atoms. The molecule has 0 bridgehead atoms. The summed E-state index contributed by atoms with van der Waals surface area (Å²) in [5.74, 6) is -3.40. The maximum atomic E-state index is 15.5. The molecule has 0 saturated heterocycles. The number of benzene rings is 7. The highest BCUT2D eigenvalue weighted by Gasteiger charge is 2.42. The topological polar surface area (TPSA) is 265 Å². The molecule has 0 fully saturated rings. The lowest BCUT2D eigenvalue weighted by atomic mass is 10.0. The van der Waals surface area contributed by atoms with Crippen molar-refractivity contribution in [3.63, 3.8) is 0 Å². The standard InChI is InChI=1S/C70H70Br2N10O12/c1-39(77(9)67(89)93-69(3,4)5)61(83)75-53-37-81(57-29-41(33-73)13-25-55(57)79(65(53)87)35-51-49-23-21-47(71)31-45(49)19-27-59(51)91-11)63(85)43-15-17-44(18-16-43)64(86)82-38-54(76-62(84)40(2)78(10)68(90)94-70(6,7)8)66(88)80(56-26-14-42(34-74)30-58(56)82)36-52-50-24-22-48(72)32-46(50)20-28-60(52)92-12/h13-32,39-40,53-54H,35-38H2,1-12H3,(H,75,83)(H,76,84)/t39-,40-,53-,54-/m0/s1. The molecule has 0 aromatic heterocycles. The number of fused-ring (bicyclic) bond motifs is 4. The molecule has 2 aliphatic heterocycles. The summed E-state index contributed by atoms with van der Waals surface area (Å²) in [6, 6.07) is 32.0. The first kappa shape index (κ1) is 68.3. The number of nitrogens with zero attached hydrogens (tertiary/aromatic N) is 8. The number of hydrogen-bond acceptors (Lipinski definition) is 14. The molecule has 0 saturated carbocycles. The molecule has 4 atom stereocenters. The van der Waals surface area contributed by atoms with Gasteiger partial charge in [0, 0.05) is 45.3 Å². The Labute approximate surface area is 561 Å². The van der Waals surface area contributed by atoms with Crippen LogP contribution in [0.3, 0.4) is 0 Å². The van der Waals surface area contributed by atoms with Gasteiger partial charge in [0.05, 0.1) is 86.4 Å². The van der Waals surface area contributed by atoms with Gasteiger partial charge in [-0.3, -0.25) is 38.6 Å². The minimum Gasteiger partial charge on any atom is -0.496 e. The van der Waals surface area contributed by atoms with E-state index in [0.29, 0.717) is 22.6 Å². The summed E-state index contributed by atoms with van der Waals surface area (Å²) < 4.78 is 24.5. The monoisotopic (exact) mass is 1400 g/mol. The lowest BCUT2D eigenvalue weighted by Gasteiger charge is -2.30. The van der Waals surface area contributed by atoms with Crippen LogP contribution in [0.15, 0.2) is 130 Å². The molecule has 486 valence electrons. The van der Waals surface area contributed by atoms with Crippen molar-refractivity contribution in [2.24, 2.45) is 0 Å². The van der Waals surface area contributed by atoms with Crippen LogP contribution < -0.4 is 39.7 Å². The summed E-state index contributed by atoms with van der Waals surface area (Å²) in [5.41, 5.74) is 0.216. The van der Waals surface area contributed by atoms with Gasteiger partial charge < -0.3 is 49.2 Å². The predicted octanol–water partition coefficient (Wildman–Crippen LogP) is 11.1. The number of rotatable bonds is 14. The zero-order chi connectivity index (χ0) is 68.4. The number of halogens is 2. The van der Waals surface area contributed by atoms with Crippen LogP contribution in [0.25, 0.3) is 21.5 Å². The third-order valence-electron chi connectivity index (χ3n) is 16.2. The minimum atomic E-state index is -1.50. The van der Waals surface area contributed by atoms with E-state index in [2.05, 4.69) is 54.6 Å². The van der Waals surface area contributed by atoms with Gasteiger partial charge in [-0.25, -0.2) is 9.59 Å². The van der Waals surface area contributed by atoms with Gasteiger partial charge in [-0.15, -0.1) is 0 Å². The Morgan fingerprint density at radius 3 is 1.23 bits per heavy atom. The van der Waals surface area contributed by atoms with Crippen LogP contribution in [0.4, 0.5) is 32.3 Å². The highest BCUT2D eigenvalue weighted by atomic mass is 79.9. The summed E-state index contributed by atoms with van der Waals surface area (Å²) in [5, 5.41) is 29.5. The highest BCUT2D eigenvalue weighted by Crippen LogP contribution is 2.42. The molecule has 94 heavy (non-hydrogen) atoms. The van der Waals surface area contributed by atoms with Crippen LogP contribution in [0.2, 0.25) is 0 Å². The van der Waals surface area contributed by atoms with Crippen LogP contribution in [0.5, 0.6) is 11.5 Å². The number of carbonyl (C=O) groups is 8. The van der Waals surface area contributed by atoms with Gasteiger partial charge in [0.1, 0.15) is 46.9 Å². The highest BCUT2D eigenvalue weighted by molar-refractivity contribution is 9.10. The summed E-state index contributed by atoms with van der Waals surface area (Å²) in [6.45, 7) is 11.7. The number of methoxy groups -OCH3 is 2. The predicted molar refractivity (Wildman–Crippen MR) is 362 cm³/mol. The maximum absolute atomic E-state index is 15.5. The molecule has 2 N–H and O–H groups in total. The second kappa shape index (κ2) is 27.7. The lowest BCUT2D eigenvalue weighted by molar-refractivity contribution is -0.130. The van der Waals surface area contributed by atoms with Crippen molar-refractivity contribution in [2.45, 2.75) is 104 Å². The second-order valence-electron chi connectivity index (χ2n) is 24.8. The van der Waals surface area contributed by atoms with Gasteiger partial charge in [0.2, 0.25) is 11.8 Å². The van der Waals surface area contributed by atoms with Crippen molar-refractivity contribution in [1.82, 2.24) is 20.4 Å². The molecule has 0 unspecified atom stereocenters.